The monoisotopic (exact) mass is 167 g/mol. The summed E-state index contributed by atoms with van der Waals surface area (Å²) in [5, 5.41) is 3.55. The molecule has 1 aliphatic carbocycles. The molecule has 1 heterocycles. The van der Waals surface area contributed by atoms with Crippen molar-refractivity contribution in [3.05, 3.63) is 11.8 Å². The predicted octanol–water partition coefficient (Wildman–Crippen LogP) is 1.30. The van der Waals surface area contributed by atoms with Crippen LogP contribution in [0.5, 0.6) is 5.88 Å². The van der Waals surface area contributed by atoms with Crippen LogP contribution >= 0.6 is 0 Å². The molecule has 0 amide bonds. The molecule has 2 rings (SSSR count). The molecule has 1 aliphatic rings. The van der Waals surface area contributed by atoms with Gasteiger partial charge in [-0.2, -0.15) is 0 Å². The first-order valence-electron chi connectivity index (χ1n) is 3.91. The highest BCUT2D eigenvalue weighted by molar-refractivity contribution is 5.76. The lowest BCUT2D eigenvalue weighted by Crippen LogP contribution is -2.09. The van der Waals surface area contributed by atoms with Gasteiger partial charge in [0.25, 0.3) is 5.88 Å². The van der Waals surface area contributed by atoms with Gasteiger partial charge in [-0.15, -0.1) is 0 Å². The van der Waals surface area contributed by atoms with Crippen molar-refractivity contribution < 1.29 is 14.1 Å². The van der Waals surface area contributed by atoms with Crippen LogP contribution in [0.25, 0.3) is 0 Å². The van der Waals surface area contributed by atoms with Gasteiger partial charge in [-0.1, -0.05) is 0 Å². The highest BCUT2D eigenvalue weighted by Crippen LogP contribution is 2.30. The standard InChI is InChI=1S/C8H9NO3/c1-5-4-7(9-12-5)11-8(10)6-2-3-6/h4,6H,2-3H2,1H3. The fourth-order valence-electron chi connectivity index (χ4n) is 0.897. The number of hydrogen-bond donors (Lipinski definition) is 0. The van der Waals surface area contributed by atoms with Crippen molar-refractivity contribution in [2.45, 2.75) is 19.8 Å². The Hall–Kier alpha value is -1.32. The molecule has 0 saturated heterocycles. The highest BCUT2D eigenvalue weighted by Gasteiger charge is 2.32. The van der Waals surface area contributed by atoms with Crippen molar-refractivity contribution >= 4 is 5.97 Å². The minimum atomic E-state index is -0.191. The molecule has 0 spiro atoms. The molecule has 12 heavy (non-hydrogen) atoms. The molecule has 1 saturated carbocycles. The Morgan fingerprint density at radius 1 is 1.75 bits per heavy atom. The SMILES string of the molecule is Cc1cc(OC(=O)C2CC2)no1. The van der Waals surface area contributed by atoms with E-state index in [4.69, 9.17) is 9.26 Å². The minimum absolute atomic E-state index is 0.0991. The topological polar surface area (TPSA) is 52.3 Å². The predicted molar refractivity (Wildman–Crippen MR) is 39.6 cm³/mol. The van der Waals surface area contributed by atoms with Crippen LogP contribution in [-0.2, 0) is 4.79 Å². The third kappa shape index (κ3) is 1.47. The number of esters is 1. The minimum Gasteiger partial charge on any atom is -0.404 e. The number of carbonyl (C=O) groups excluding carboxylic acids is 1. The smallest absolute Gasteiger partial charge is 0.315 e. The summed E-state index contributed by atoms with van der Waals surface area (Å²) in [5.41, 5.74) is 0. The van der Waals surface area contributed by atoms with Crippen LogP contribution in [0.2, 0.25) is 0 Å². The molecule has 0 radical (unpaired) electrons. The van der Waals surface area contributed by atoms with E-state index in [0.29, 0.717) is 5.76 Å². The molecule has 0 aromatic carbocycles. The molecule has 64 valence electrons. The van der Waals surface area contributed by atoms with Crippen molar-refractivity contribution in [2.75, 3.05) is 0 Å². The van der Waals surface area contributed by atoms with E-state index < -0.39 is 0 Å². The fraction of sp³-hybridized carbons (Fsp3) is 0.500. The highest BCUT2D eigenvalue weighted by atomic mass is 16.6. The van der Waals surface area contributed by atoms with Crippen molar-refractivity contribution in [1.29, 1.82) is 0 Å². The van der Waals surface area contributed by atoms with E-state index in [1.807, 2.05) is 0 Å². The van der Waals surface area contributed by atoms with E-state index in [2.05, 4.69) is 5.16 Å². The quantitative estimate of drug-likeness (QED) is 0.623. The maximum absolute atomic E-state index is 11.1. The van der Waals surface area contributed by atoms with Gasteiger partial charge in [0.05, 0.1) is 5.92 Å². The van der Waals surface area contributed by atoms with Gasteiger partial charge in [0.1, 0.15) is 5.76 Å². The third-order valence-electron chi connectivity index (χ3n) is 1.72. The molecule has 0 unspecified atom stereocenters. The van der Waals surface area contributed by atoms with Gasteiger partial charge in [-0.25, -0.2) is 0 Å². The lowest BCUT2D eigenvalue weighted by Gasteiger charge is -1.94. The summed E-state index contributed by atoms with van der Waals surface area (Å²) in [6.45, 7) is 1.75. The Balaban J connectivity index is 1.98. The molecule has 4 heteroatoms. The van der Waals surface area contributed by atoms with E-state index in [0.717, 1.165) is 12.8 Å². The molecule has 0 bridgehead atoms. The Kier molecular flexibility index (Phi) is 1.60. The summed E-state index contributed by atoms with van der Waals surface area (Å²) >= 11 is 0. The van der Waals surface area contributed by atoms with E-state index in [1.54, 1.807) is 13.0 Å². The zero-order valence-corrected chi connectivity index (χ0v) is 6.74. The van der Waals surface area contributed by atoms with Crippen LogP contribution in [0.1, 0.15) is 18.6 Å². The van der Waals surface area contributed by atoms with E-state index in [9.17, 15) is 4.79 Å². The summed E-state index contributed by atoms with van der Waals surface area (Å²) < 4.78 is 9.65. The van der Waals surface area contributed by atoms with Gasteiger partial charge < -0.3 is 9.26 Å². The van der Waals surface area contributed by atoms with Gasteiger partial charge >= 0.3 is 5.97 Å². The number of nitrogens with zero attached hydrogens (tertiary/aromatic N) is 1. The summed E-state index contributed by atoms with van der Waals surface area (Å²) in [6, 6.07) is 1.60. The van der Waals surface area contributed by atoms with Gasteiger partial charge in [0.15, 0.2) is 0 Å². The maximum atomic E-state index is 11.1. The molecule has 4 nitrogen and oxygen atoms in total. The van der Waals surface area contributed by atoms with Crippen molar-refractivity contribution in [3.63, 3.8) is 0 Å². The molecule has 1 aromatic rings. The largest absolute Gasteiger partial charge is 0.404 e. The average molecular weight is 167 g/mol. The second kappa shape index (κ2) is 2.62. The molecule has 1 aromatic heterocycles. The maximum Gasteiger partial charge on any atom is 0.315 e. The van der Waals surface area contributed by atoms with E-state index in [-0.39, 0.29) is 17.8 Å². The molecular formula is C8H9NO3. The summed E-state index contributed by atoms with van der Waals surface area (Å²) in [4.78, 5) is 11.1. The first kappa shape index (κ1) is 7.34. The Labute approximate surface area is 69.5 Å². The molecule has 0 atom stereocenters. The summed E-state index contributed by atoms with van der Waals surface area (Å²) in [6.07, 6.45) is 1.88. The van der Waals surface area contributed by atoms with Crippen LogP contribution < -0.4 is 4.74 Å². The first-order chi connectivity index (χ1) is 5.75. The number of aromatic nitrogens is 1. The number of carbonyl (C=O) groups is 1. The van der Waals surface area contributed by atoms with Crippen LogP contribution in [0, 0.1) is 12.8 Å². The zero-order valence-electron chi connectivity index (χ0n) is 6.74. The van der Waals surface area contributed by atoms with Crippen LogP contribution in [0.3, 0.4) is 0 Å². The van der Waals surface area contributed by atoms with Gasteiger partial charge in [-0.05, 0) is 24.9 Å². The zero-order chi connectivity index (χ0) is 8.55. The van der Waals surface area contributed by atoms with E-state index in [1.165, 1.54) is 0 Å². The number of aryl methyl sites for hydroxylation is 1. The summed E-state index contributed by atoms with van der Waals surface area (Å²) in [7, 11) is 0. The van der Waals surface area contributed by atoms with Crippen LogP contribution in [-0.4, -0.2) is 11.1 Å². The molecular weight excluding hydrogens is 158 g/mol. The van der Waals surface area contributed by atoms with Crippen LogP contribution in [0.15, 0.2) is 10.6 Å². The van der Waals surface area contributed by atoms with Gasteiger partial charge in [0.2, 0.25) is 0 Å². The van der Waals surface area contributed by atoms with Crippen LogP contribution in [0.4, 0.5) is 0 Å². The number of rotatable bonds is 2. The average Bonchev–Trinajstić information content (AvgIpc) is 2.78. The van der Waals surface area contributed by atoms with Crippen molar-refractivity contribution in [1.82, 2.24) is 5.16 Å². The molecule has 0 N–H and O–H groups in total. The second-order valence-electron chi connectivity index (χ2n) is 2.97. The number of hydrogen-bond acceptors (Lipinski definition) is 4. The molecule has 1 fully saturated rings. The fourth-order valence-corrected chi connectivity index (χ4v) is 0.897. The molecule has 0 aliphatic heterocycles. The number of ether oxygens (including phenoxy) is 1. The Morgan fingerprint density at radius 2 is 2.50 bits per heavy atom. The van der Waals surface area contributed by atoms with E-state index >= 15 is 0 Å². The van der Waals surface area contributed by atoms with Crippen molar-refractivity contribution in [3.8, 4) is 5.88 Å². The second-order valence-corrected chi connectivity index (χ2v) is 2.97. The lowest BCUT2D eigenvalue weighted by atomic mass is 10.4. The van der Waals surface area contributed by atoms with Gasteiger partial charge in [0, 0.05) is 6.07 Å². The lowest BCUT2D eigenvalue weighted by molar-refractivity contribution is -0.136. The third-order valence-corrected chi connectivity index (χ3v) is 1.72. The van der Waals surface area contributed by atoms with Gasteiger partial charge in [-0.3, -0.25) is 4.79 Å². The Morgan fingerprint density at radius 3 is 3.00 bits per heavy atom. The van der Waals surface area contributed by atoms with Crippen molar-refractivity contribution in [2.24, 2.45) is 5.92 Å². The Bertz CT molecular complexity index is 301. The first-order valence-corrected chi connectivity index (χ1v) is 3.91. The summed E-state index contributed by atoms with van der Waals surface area (Å²) in [5.74, 6) is 0.823. The normalized spacial score (nSPS) is 16.1.